The van der Waals surface area contributed by atoms with Crippen LogP contribution in [0.5, 0.6) is 0 Å². The summed E-state index contributed by atoms with van der Waals surface area (Å²) in [5.41, 5.74) is 3.91. The van der Waals surface area contributed by atoms with E-state index in [1.165, 1.54) is 0 Å². The Morgan fingerprint density at radius 3 is 2.67 bits per heavy atom. The molecular formula is C17H21N5O2. The fourth-order valence-corrected chi connectivity index (χ4v) is 2.91. The average Bonchev–Trinajstić information content (AvgIpc) is 3.13. The maximum atomic E-state index is 12.4. The number of benzene rings is 1. The highest BCUT2D eigenvalue weighted by Gasteiger charge is 2.29. The maximum absolute atomic E-state index is 12.4. The van der Waals surface area contributed by atoms with Gasteiger partial charge in [-0.2, -0.15) is 5.10 Å². The number of likely N-dealkylation sites (N-methyl/N-ethyl adjacent to an activating group) is 1. The molecule has 2 aromatic rings. The van der Waals surface area contributed by atoms with E-state index in [1.54, 1.807) is 11.9 Å². The number of hydrogen-bond donors (Lipinski definition) is 2. The van der Waals surface area contributed by atoms with Crippen molar-refractivity contribution in [2.45, 2.75) is 26.4 Å². The third kappa shape index (κ3) is 2.97. The molecular weight excluding hydrogens is 306 g/mol. The molecule has 2 heterocycles. The molecule has 3 rings (SSSR count). The zero-order valence-electron chi connectivity index (χ0n) is 14.0. The molecule has 1 aliphatic heterocycles. The Kier molecular flexibility index (Phi) is 4.24. The predicted octanol–water partition coefficient (Wildman–Crippen LogP) is 1.13. The van der Waals surface area contributed by atoms with Crippen LogP contribution in [0, 0.1) is 13.8 Å². The summed E-state index contributed by atoms with van der Waals surface area (Å²) in [5, 5.41) is 9.82. The van der Waals surface area contributed by atoms with E-state index in [0.29, 0.717) is 13.1 Å². The first kappa shape index (κ1) is 16.0. The quantitative estimate of drug-likeness (QED) is 0.883. The third-order valence-electron chi connectivity index (χ3n) is 4.28. The average molecular weight is 327 g/mol. The van der Waals surface area contributed by atoms with Gasteiger partial charge in [0.2, 0.25) is 5.91 Å². The number of urea groups is 1. The highest BCUT2D eigenvalue weighted by molar-refractivity contribution is 5.90. The number of nitrogens with one attached hydrogen (secondary N) is 2. The van der Waals surface area contributed by atoms with Crippen LogP contribution in [-0.4, -0.2) is 46.3 Å². The lowest BCUT2D eigenvalue weighted by atomic mass is 10.1. The molecule has 2 N–H and O–H groups in total. The van der Waals surface area contributed by atoms with Crippen LogP contribution in [0.4, 0.5) is 4.79 Å². The number of aromatic nitrogens is 2. The molecule has 0 aliphatic carbocycles. The predicted molar refractivity (Wildman–Crippen MR) is 89.8 cm³/mol. The van der Waals surface area contributed by atoms with E-state index in [4.69, 9.17) is 0 Å². The standard InChI is InChI=1S/C17H21N5O2/c1-11-14(10-21(3)16(23)15-9-18-17(24)19-15)12(2)22(20-11)13-7-5-4-6-8-13/h4-8,15H,9-10H2,1-3H3,(H2,18,19,24). The Morgan fingerprint density at radius 1 is 1.33 bits per heavy atom. The molecule has 0 spiro atoms. The summed E-state index contributed by atoms with van der Waals surface area (Å²) in [5.74, 6) is -0.111. The van der Waals surface area contributed by atoms with Crippen LogP contribution in [0.25, 0.3) is 5.69 Å². The van der Waals surface area contributed by atoms with Gasteiger partial charge in [0.15, 0.2) is 0 Å². The Bertz CT molecular complexity index is 769. The van der Waals surface area contributed by atoms with Crippen molar-refractivity contribution in [3.63, 3.8) is 0 Å². The lowest BCUT2D eigenvalue weighted by Gasteiger charge is -2.20. The summed E-state index contributed by atoms with van der Waals surface area (Å²) < 4.78 is 1.89. The van der Waals surface area contributed by atoms with Gasteiger partial charge in [0.05, 0.1) is 11.4 Å². The minimum absolute atomic E-state index is 0.111. The van der Waals surface area contributed by atoms with Crippen molar-refractivity contribution in [2.75, 3.05) is 13.6 Å². The number of carbonyl (C=O) groups is 2. The smallest absolute Gasteiger partial charge is 0.315 e. The highest BCUT2D eigenvalue weighted by atomic mass is 16.2. The lowest BCUT2D eigenvalue weighted by molar-refractivity contribution is -0.131. The highest BCUT2D eigenvalue weighted by Crippen LogP contribution is 2.19. The van der Waals surface area contributed by atoms with Gasteiger partial charge in [-0.3, -0.25) is 4.79 Å². The maximum Gasteiger partial charge on any atom is 0.315 e. The van der Waals surface area contributed by atoms with E-state index < -0.39 is 6.04 Å². The largest absolute Gasteiger partial charge is 0.339 e. The van der Waals surface area contributed by atoms with Crippen molar-refractivity contribution < 1.29 is 9.59 Å². The van der Waals surface area contributed by atoms with Crippen LogP contribution in [-0.2, 0) is 11.3 Å². The van der Waals surface area contributed by atoms with Gasteiger partial charge in [-0.25, -0.2) is 9.48 Å². The molecule has 1 fully saturated rings. The molecule has 126 valence electrons. The van der Waals surface area contributed by atoms with E-state index in [-0.39, 0.29) is 11.9 Å². The van der Waals surface area contributed by atoms with Crippen LogP contribution in [0.3, 0.4) is 0 Å². The second kappa shape index (κ2) is 6.35. The molecule has 1 aliphatic rings. The fourth-order valence-electron chi connectivity index (χ4n) is 2.91. The summed E-state index contributed by atoms with van der Waals surface area (Å²) in [6, 6.07) is 9.09. The van der Waals surface area contributed by atoms with E-state index in [2.05, 4.69) is 15.7 Å². The van der Waals surface area contributed by atoms with E-state index >= 15 is 0 Å². The number of hydrogen-bond acceptors (Lipinski definition) is 3. The van der Waals surface area contributed by atoms with Gasteiger partial charge in [0.1, 0.15) is 6.04 Å². The van der Waals surface area contributed by atoms with Gasteiger partial charge in [-0.05, 0) is 26.0 Å². The Balaban J connectivity index is 1.79. The van der Waals surface area contributed by atoms with Gasteiger partial charge < -0.3 is 15.5 Å². The molecule has 0 bridgehead atoms. The van der Waals surface area contributed by atoms with Gasteiger partial charge in [-0.15, -0.1) is 0 Å². The Labute approximate surface area is 140 Å². The van der Waals surface area contributed by atoms with Crippen molar-refractivity contribution in [1.82, 2.24) is 25.3 Å². The first-order chi connectivity index (χ1) is 11.5. The zero-order chi connectivity index (χ0) is 17.3. The number of para-hydroxylation sites is 1. The van der Waals surface area contributed by atoms with Crippen molar-refractivity contribution in [2.24, 2.45) is 0 Å². The summed E-state index contributed by atoms with van der Waals surface area (Å²) in [6.45, 7) is 4.72. The van der Waals surface area contributed by atoms with Gasteiger partial charge in [-0.1, -0.05) is 18.2 Å². The molecule has 1 unspecified atom stereocenters. The first-order valence-electron chi connectivity index (χ1n) is 7.87. The lowest BCUT2D eigenvalue weighted by Crippen LogP contribution is -2.43. The van der Waals surface area contributed by atoms with Gasteiger partial charge in [0, 0.05) is 31.4 Å². The Hall–Kier alpha value is -2.83. The normalized spacial score (nSPS) is 16.6. The first-order valence-corrected chi connectivity index (χ1v) is 7.87. The summed E-state index contributed by atoms with van der Waals surface area (Å²) in [7, 11) is 1.74. The van der Waals surface area contributed by atoms with E-state index in [1.807, 2.05) is 48.9 Å². The second-order valence-electron chi connectivity index (χ2n) is 6.00. The number of amides is 3. The van der Waals surface area contributed by atoms with E-state index in [0.717, 1.165) is 22.6 Å². The van der Waals surface area contributed by atoms with Gasteiger partial charge in [0.25, 0.3) is 0 Å². The van der Waals surface area contributed by atoms with Crippen LogP contribution >= 0.6 is 0 Å². The molecule has 1 saturated heterocycles. The van der Waals surface area contributed by atoms with Crippen molar-refractivity contribution >= 4 is 11.9 Å². The molecule has 7 heteroatoms. The minimum atomic E-state index is -0.507. The van der Waals surface area contributed by atoms with Crippen LogP contribution < -0.4 is 10.6 Å². The monoisotopic (exact) mass is 327 g/mol. The molecule has 7 nitrogen and oxygen atoms in total. The van der Waals surface area contributed by atoms with Gasteiger partial charge >= 0.3 is 6.03 Å². The topological polar surface area (TPSA) is 79.3 Å². The fraction of sp³-hybridized carbons (Fsp3) is 0.353. The number of rotatable bonds is 4. The SMILES string of the molecule is Cc1nn(-c2ccccc2)c(C)c1CN(C)C(=O)C1CNC(=O)N1. The zero-order valence-corrected chi connectivity index (χ0v) is 14.0. The minimum Gasteiger partial charge on any atom is -0.339 e. The van der Waals surface area contributed by atoms with Crippen molar-refractivity contribution in [3.8, 4) is 5.69 Å². The van der Waals surface area contributed by atoms with Crippen molar-refractivity contribution in [3.05, 3.63) is 47.3 Å². The molecule has 1 aromatic heterocycles. The van der Waals surface area contributed by atoms with Crippen molar-refractivity contribution in [1.29, 1.82) is 0 Å². The molecule has 1 aromatic carbocycles. The summed E-state index contributed by atoms with van der Waals surface area (Å²) in [4.78, 5) is 25.3. The molecule has 0 radical (unpaired) electrons. The molecule has 24 heavy (non-hydrogen) atoms. The molecule has 1 atom stereocenters. The molecule has 0 saturated carbocycles. The second-order valence-corrected chi connectivity index (χ2v) is 6.00. The third-order valence-corrected chi connectivity index (χ3v) is 4.28. The number of nitrogens with zero attached hydrogens (tertiary/aromatic N) is 3. The van der Waals surface area contributed by atoms with Crippen LogP contribution in [0.1, 0.15) is 17.0 Å². The molecule has 3 amide bonds. The van der Waals surface area contributed by atoms with Crippen LogP contribution in [0.15, 0.2) is 30.3 Å². The van der Waals surface area contributed by atoms with Crippen LogP contribution in [0.2, 0.25) is 0 Å². The Morgan fingerprint density at radius 2 is 2.04 bits per heavy atom. The van der Waals surface area contributed by atoms with E-state index in [9.17, 15) is 9.59 Å². The number of carbonyl (C=O) groups excluding carboxylic acids is 2. The summed E-state index contributed by atoms with van der Waals surface area (Å²) in [6.07, 6.45) is 0. The number of aryl methyl sites for hydroxylation is 1. The summed E-state index contributed by atoms with van der Waals surface area (Å²) >= 11 is 0.